The van der Waals surface area contributed by atoms with Crippen LogP contribution in [0.4, 0.5) is 17.6 Å². The summed E-state index contributed by atoms with van der Waals surface area (Å²) in [5.74, 6) is -0.743. The third-order valence-corrected chi connectivity index (χ3v) is 2.24. The average Bonchev–Trinajstić information content (AvgIpc) is 2.27. The standard InChI is InChI=1S/C11H7F4N3/c1-6-7(10-16-5-4-9(12)18-10)2-3-8(17-6)11(13,14)15/h2-5H,1H3. The Morgan fingerprint density at radius 2 is 1.78 bits per heavy atom. The molecule has 7 heteroatoms. The molecule has 0 aliphatic heterocycles. The lowest BCUT2D eigenvalue weighted by Gasteiger charge is -2.09. The van der Waals surface area contributed by atoms with Crippen LogP contribution in [0.2, 0.25) is 0 Å². The molecule has 2 rings (SSSR count). The molecule has 2 aromatic rings. The number of aromatic nitrogens is 3. The Morgan fingerprint density at radius 1 is 1.06 bits per heavy atom. The lowest BCUT2D eigenvalue weighted by molar-refractivity contribution is -0.141. The number of pyridine rings is 1. The highest BCUT2D eigenvalue weighted by molar-refractivity contribution is 5.57. The summed E-state index contributed by atoms with van der Waals surface area (Å²) in [5.41, 5.74) is -0.641. The first kappa shape index (κ1) is 12.4. The Balaban J connectivity index is 2.48. The summed E-state index contributed by atoms with van der Waals surface area (Å²) in [6.07, 6.45) is -3.32. The highest BCUT2D eigenvalue weighted by atomic mass is 19.4. The third kappa shape index (κ3) is 2.44. The van der Waals surface area contributed by atoms with E-state index in [-0.39, 0.29) is 17.1 Å². The number of halogens is 4. The molecule has 0 aliphatic rings. The van der Waals surface area contributed by atoms with E-state index in [4.69, 9.17) is 0 Å². The van der Waals surface area contributed by atoms with E-state index in [1.165, 1.54) is 19.2 Å². The molecule has 0 amide bonds. The molecular formula is C11H7F4N3. The van der Waals surface area contributed by atoms with Crippen LogP contribution < -0.4 is 0 Å². The van der Waals surface area contributed by atoms with Crippen molar-refractivity contribution in [3.63, 3.8) is 0 Å². The fourth-order valence-electron chi connectivity index (χ4n) is 1.42. The average molecular weight is 257 g/mol. The number of alkyl halides is 3. The monoisotopic (exact) mass is 257 g/mol. The summed E-state index contributed by atoms with van der Waals surface area (Å²) in [6, 6.07) is 3.05. The maximum atomic E-state index is 12.9. The molecule has 0 atom stereocenters. The summed E-state index contributed by atoms with van der Waals surface area (Å²) in [5, 5.41) is 0. The van der Waals surface area contributed by atoms with Crippen molar-refractivity contribution in [1.29, 1.82) is 0 Å². The normalized spacial score (nSPS) is 11.6. The summed E-state index contributed by atoms with van der Waals surface area (Å²) in [7, 11) is 0. The molecule has 0 fully saturated rings. The van der Waals surface area contributed by atoms with E-state index in [2.05, 4.69) is 15.0 Å². The van der Waals surface area contributed by atoms with Crippen molar-refractivity contribution in [2.45, 2.75) is 13.1 Å². The Kier molecular flexibility index (Phi) is 2.98. The fourth-order valence-corrected chi connectivity index (χ4v) is 1.42. The second-order valence-corrected chi connectivity index (χ2v) is 3.53. The van der Waals surface area contributed by atoms with Gasteiger partial charge in [-0.05, 0) is 19.1 Å². The van der Waals surface area contributed by atoms with E-state index in [0.29, 0.717) is 0 Å². The zero-order chi connectivity index (χ0) is 13.3. The van der Waals surface area contributed by atoms with E-state index in [1.807, 2.05) is 0 Å². The minimum atomic E-state index is -4.51. The van der Waals surface area contributed by atoms with Gasteiger partial charge in [0, 0.05) is 23.5 Å². The van der Waals surface area contributed by atoms with E-state index in [0.717, 1.165) is 12.1 Å². The SMILES string of the molecule is Cc1nc(C(F)(F)F)ccc1-c1nccc(F)n1. The number of hydrogen-bond acceptors (Lipinski definition) is 3. The Labute approximate surface area is 99.5 Å². The van der Waals surface area contributed by atoms with Crippen LogP contribution in [0, 0.1) is 12.9 Å². The molecule has 0 saturated heterocycles. The predicted molar refractivity (Wildman–Crippen MR) is 55.0 cm³/mol. The molecule has 0 N–H and O–H groups in total. The molecule has 0 unspecified atom stereocenters. The summed E-state index contributed by atoms with van der Waals surface area (Å²) < 4.78 is 50.1. The first-order valence-corrected chi connectivity index (χ1v) is 4.91. The fraction of sp³-hybridized carbons (Fsp3) is 0.182. The van der Waals surface area contributed by atoms with Gasteiger partial charge >= 0.3 is 6.18 Å². The summed E-state index contributed by atoms with van der Waals surface area (Å²) in [6.45, 7) is 1.39. The third-order valence-electron chi connectivity index (χ3n) is 2.24. The van der Waals surface area contributed by atoms with Crippen molar-refractivity contribution in [3.8, 4) is 11.4 Å². The second-order valence-electron chi connectivity index (χ2n) is 3.53. The van der Waals surface area contributed by atoms with Gasteiger partial charge in [0.05, 0.1) is 0 Å². The smallest absolute Gasteiger partial charge is 0.248 e. The molecule has 0 saturated carbocycles. The van der Waals surface area contributed by atoms with Crippen LogP contribution in [-0.4, -0.2) is 15.0 Å². The topological polar surface area (TPSA) is 38.7 Å². The largest absolute Gasteiger partial charge is 0.433 e. The van der Waals surface area contributed by atoms with Gasteiger partial charge in [0.15, 0.2) is 5.82 Å². The van der Waals surface area contributed by atoms with Gasteiger partial charge in [-0.25, -0.2) is 9.97 Å². The van der Waals surface area contributed by atoms with Gasteiger partial charge in [-0.15, -0.1) is 0 Å². The van der Waals surface area contributed by atoms with Crippen molar-refractivity contribution in [1.82, 2.24) is 15.0 Å². The molecule has 0 radical (unpaired) electrons. The quantitative estimate of drug-likeness (QED) is 0.582. The number of hydrogen-bond donors (Lipinski definition) is 0. The first-order chi connectivity index (χ1) is 8.38. The van der Waals surface area contributed by atoms with Crippen LogP contribution in [0.15, 0.2) is 24.4 Å². The van der Waals surface area contributed by atoms with Gasteiger partial charge in [0.25, 0.3) is 0 Å². The molecule has 3 nitrogen and oxygen atoms in total. The van der Waals surface area contributed by atoms with Gasteiger partial charge in [-0.2, -0.15) is 22.5 Å². The van der Waals surface area contributed by atoms with Gasteiger partial charge in [0.2, 0.25) is 5.95 Å². The van der Waals surface area contributed by atoms with Crippen molar-refractivity contribution >= 4 is 0 Å². The molecular weight excluding hydrogens is 250 g/mol. The van der Waals surface area contributed by atoms with Crippen molar-refractivity contribution < 1.29 is 17.6 Å². The number of nitrogens with zero attached hydrogens (tertiary/aromatic N) is 3. The molecule has 2 heterocycles. The molecule has 0 bridgehead atoms. The molecule has 94 valence electrons. The molecule has 2 aromatic heterocycles. The first-order valence-electron chi connectivity index (χ1n) is 4.91. The van der Waals surface area contributed by atoms with E-state index in [1.54, 1.807) is 0 Å². The lowest BCUT2D eigenvalue weighted by atomic mass is 10.1. The summed E-state index contributed by atoms with van der Waals surface area (Å²) in [4.78, 5) is 10.7. The van der Waals surface area contributed by atoms with Crippen LogP contribution in [0.5, 0.6) is 0 Å². The predicted octanol–water partition coefficient (Wildman–Crippen LogP) is 3.00. The van der Waals surface area contributed by atoms with Crippen molar-refractivity contribution in [3.05, 3.63) is 41.7 Å². The molecule has 18 heavy (non-hydrogen) atoms. The minimum Gasteiger partial charge on any atom is -0.248 e. The van der Waals surface area contributed by atoms with Crippen LogP contribution in [0.1, 0.15) is 11.4 Å². The van der Waals surface area contributed by atoms with E-state index in [9.17, 15) is 17.6 Å². The van der Waals surface area contributed by atoms with Crippen molar-refractivity contribution in [2.75, 3.05) is 0 Å². The maximum Gasteiger partial charge on any atom is 0.433 e. The highest BCUT2D eigenvalue weighted by Gasteiger charge is 2.32. The molecule has 0 aliphatic carbocycles. The Bertz CT molecular complexity index is 581. The number of aryl methyl sites for hydroxylation is 1. The van der Waals surface area contributed by atoms with Gasteiger partial charge in [-0.3, -0.25) is 0 Å². The van der Waals surface area contributed by atoms with E-state index < -0.39 is 17.8 Å². The van der Waals surface area contributed by atoms with Gasteiger partial charge in [-0.1, -0.05) is 0 Å². The second kappa shape index (κ2) is 4.32. The zero-order valence-corrected chi connectivity index (χ0v) is 9.16. The van der Waals surface area contributed by atoms with Gasteiger partial charge in [0.1, 0.15) is 5.69 Å². The highest BCUT2D eigenvalue weighted by Crippen LogP contribution is 2.29. The zero-order valence-electron chi connectivity index (χ0n) is 9.16. The lowest BCUT2D eigenvalue weighted by Crippen LogP contribution is -2.09. The van der Waals surface area contributed by atoms with Crippen LogP contribution >= 0.6 is 0 Å². The van der Waals surface area contributed by atoms with Gasteiger partial charge < -0.3 is 0 Å². The molecule has 0 aromatic carbocycles. The summed E-state index contributed by atoms with van der Waals surface area (Å²) >= 11 is 0. The maximum absolute atomic E-state index is 12.9. The Morgan fingerprint density at radius 3 is 2.33 bits per heavy atom. The van der Waals surface area contributed by atoms with Crippen LogP contribution in [0.3, 0.4) is 0 Å². The van der Waals surface area contributed by atoms with Crippen LogP contribution in [-0.2, 0) is 6.18 Å². The Hall–Kier alpha value is -2.05. The minimum absolute atomic E-state index is 0.00808. The van der Waals surface area contributed by atoms with Crippen LogP contribution in [0.25, 0.3) is 11.4 Å². The number of rotatable bonds is 1. The van der Waals surface area contributed by atoms with Crippen molar-refractivity contribution in [2.24, 2.45) is 0 Å². The van der Waals surface area contributed by atoms with E-state index >= 15 is 0 Å². The molecule has 0 spiro atoms.